The van der Waals surface area contributed by atoms with E-state index in [4.69, 9.17) is 9.73 Å². The fourth-order valence-electron chi connectivity index (χ4n) is 4.75. The molecule has 0 N–H and O–H groups in total. The van der Waals surface area contributed by atoms with Gasteiger partial charge in [-0.15, -0.1) is 11.8 Å². The molecular formula is C29H29N3O3S2. The Hall–Kier alpha value is -3.36. The number of fused-ring (bicyclic) bond motifs is 2. The molecule has 0 saturated heterocycles. The Labute approximate surface area is 223 Å². The summed E-state index contributed by atoms with van der Waals surface area (Å²) in [7, 11) is 0. The number of thiazole rings is 1. The van der Waals surface area contributed by atoms with Crippen LogP contribution in [0.3, 0.4) is 0 Å². The second kappa shape index (κ2) is 10.2. The number of hydrogen-bond donors (Lipinski definition) is 0. The van der Waals surface area contributed by atoms with Gasteiger partial charge in [-0.25, -0.2) is 9.79 Å². The summed E-state index contributed by atoms with van der Waals surface area (Å²) in [6.07, 6.45) is 5.76. The largest absolute Gasteiger partial charge is 0.459 e. The molecule has 0 radical (unpaired) electrons. The topological polar surface area (TPSA) is 65.6 Å². The van der Waals surface area contributed by atoms with Crippen molar-refractivity contribution in [1.29, 1.82) is 0 Å². The third-order valence-corrected chi connectivity index (χ3v) is 8.19. The average Bonchev–Trinajstić information content (AvgIpc) is 3.39. The monoisotopic (exact) mass is 531 g/mol. The van der Waals surface area contributed by atoms with Crippen LogP contribution in [0.1, 0.15) is 44.9 Å². The Morgan fingerprint density at radius 3 is 2.59 bits per heavy atom. The van der Waals surface area contributed by atoms with Gasteiger partial charge in [-0.3, -0.25) is 9.36 Å². The van der Waals surface area contributed by atoms with Crippen molar-refractivity contribution in [3.63, 3.8) is 0 Å². The first-order valence-corrected chi connectivity index (χ1v) is 14.3. The molecule has 0 amide bonds. The lowest BCUT2D eigenvalue weighted by Gasteiger charge is -2.25. The quantitative estimate of drug-likeness (QED) is 0.263. The second-order valence-corrected chi connectivity index (χ2v) is 11.1. The lowest BCUT2D eigenvalue weighted by atomic mass is 9.96. The van der Waals surface area contributed by atoms with E-state index in [9.17, 15) is 9.59 Å². The number of allylic oxidation sites excluding steroid dienone is 1. The Kier molecular flexibility index (Phi) is 6.96. The fraction of sp³-hybridized carbons (Fsp3) is 0.276. The van der Waals surface area contributed by atoms with Gasteiger partial charge in [0.2, 0.25) is 0 Å². The molecule has 1 atom stereocenters. The molecule has 3 heterocycles. The maximum Gasteiger partial charge on any atom is 0.338 e. The van der Waals surface area contributed by atoms with Crippen molar-refractivity contribution in [3.8, 4) is 0 Å². The number of aryl methyl sites for hydroxylation is 1. The number of para-hydroxylation sites is 1. The van der Waals surface area contributed by atoms with E-state index < -0.39 is 12.0 Å². The van der Waals surface area contributed by atoms with Gasteiger partial charge in [-0.1, -0.05) is 41.7 Å². The molecule has 0 unspecified atom stereocenters. The Morgan fingerprint density at radius 2 is 1.92 bits per heavy atom. The van der Waals surface area contributed by atoms with E-state index >= 15 is 0 Å². The third-order valence-electron chi connectivity index (χ3n) is 6.46. The standard InChI is InChI=1S/C29H29N3O3S2/c1-6-31-16-20(22-9-7-8-10-23(22)31)15-24-27(33)32-26(19-11-13-21(36-5)14-12-19)25(28(34)35-17(2)3)18(4)30-29(32)37-24/h7-17,26H,6H2,1-5H3/b24-15-/t26-/m1/s1. The van der Waals surface area contributed by atoms with Crippen LogP contribution in [0.4, 0.5) is 0 Å². The number of ether oxygens (including phenoxy) is 1. The van der Waals surface area contributed by atoms with Gasteiger partial charge in [0.15, 0.2) is 4.80 Å². The summed E-state index contributed by atoms with van der Waals surface area (Å²) in [5.41, 5.74) is 3.76. The van der Waals surface area contributed by atoms with Crippen molar-refractivity contribution in [2.24, 2.45) is 4.99 Å². The SMILES string of the molecule is CCn1cc(/C=c2\sc3n(c2=O)[C@H](c2ccc(SC)cc2)C(C(=O)OC(C)C)=C(C)N=3)c2ccccc21. The van der Waals surface area contributed by atoms with Crippen LogP contribution in [0.2, 0.25) is 0 Å². The smallest absolute Gasteiger partial charge is 0.338 e. The number of benzene rings is 2. The fourth-order valence-corrected chi connectivity index (χ4v) is 6.20. The van der Waals surface area contributed by atoms with Gasteiger partial charge >= 0.3 is 5.97 Å². The van der Waals surface area contributed by atoms with Crippen molar-refractivity contribution >= 4 is 46.0 Å². The molecule has 5 rings (SSSR count). The highest BCUT2D eigenvalue weighted by Gasteiger charge is 2.33. The van der Waals surface area contributed by atoms with Crippen LogP contribution in [0.5, 0.6) is 0 Å². The summed E-state index contributed by atoms with van der Waals surface area (Å²) in [6, 6.07) is 15.6. The summed E-state index contributed by atoms with van der Waals surface area (Å²) in [4.78, 5) is 33.6. The molecule has 37 heavy (non-hydrogen) atoms. The summed E-state index contributed by atoms with van der Waals surface area (Å²) >= 11 is 2.99. The van der Waals surface area contributed by atoms with E-state index in [0.717, 1.165) is 33.5 Å². The summed E-state index contributed by atoms with van der Waals surface area (Å²) in [5, 5.41) is 1.09. The highest BCUT2D eigenvalue weighted by Crippen LogP contribution is 2.32. The minimum atomic E-state index is -0.613. The zero-order valence-electron chi connectivity index (χ0n) is 21.5. The van der Waals surface area contributed by atoms with E-state index in [0.29, 0.717) is 20.6 Å². The normalized spacial score (nSPS) is 15.8. The molecule has 1 aliphatic heterocycles. The lowest BCUT2D eigenvalue weighted by molar-refractivity contribution is -0.143. The summed E-state index contributed by atoms with van der Waals surface area (Å²) < 4.78 is 10.00. The van der Waals surface area contributed by atoms with Gasteiger partial charge in [0, 0.05) is 34.1 Å². The minimum Gasteiger partial charge on any atom is -0.459 e. The minimum absolute atomic E-state index is 0.168. The predicted octanol–water partition coefficient (Wildman–Crippen LogP) is 4.88. The van der Waals surface area contributed by atoms with E-state index in [1.165, 1.54) is 11.3 Å². The molecule has 0 bridgehead atoms. The summed E-state index contributed by atoms with van der Waals surface area (Å²) in [6.45, 7) is 8.39. The highest BCUT2D eigenvalue weighted by atomic mass is 32.2. The predicted molar refractivity (Wildman–Crippen MR) is 151 cm³/mol. The van der Waals surface area contributed by atoms with E-state index in [-0.39, 0.29) is 11.7 Å². The van der Waals surface area contributed by atoms with Gasteiger partial charge in [-0.2, -0.15) is 0 Å². The van der Waals surface area contributed by atoms with Crippen molar-refractivity contribution in [2.75, 3.05) is 6.26 Å². The number of aromatic nitrogens is 2. The van der Waals surface area contributed by atoms with E-state index in [2.05, 4.69) is 29.8 Å². The van der Waals surface area contributed by atoms with Crippen LogP contribution in [-0.4, -0.2) is 27.5 Å². The van der Waals surface area contributed by atoms with Gasteiger partial charge in [0.05, 0.1) is 27.9 Å². The molecule has 8 heteroatoms. The first-order chi connectivity index (χ1) is 17.8. The van der Waals surface area contributed by atoms with Gasteiger partial charge in [-0.05, 0) is 63.8 Å². The van der Waals surface area contributed by atoms with Crippen molar-refractivity contribution < 1.29 is 9.53 Å². The number of carbonyl (C=O) groups excluding carboxylic acids is 1. The average molecular weight is 532 g/mol. The first-order valence-electron chi connectivity index (χ1n) is 12.3. The van der Waals surface area contributed by atoms with Gasteiger partial charge < -0.3 is 9.30 Å². The zero-order valence-corrected chi connectivity index (χ0v) is 23.2. The van der Waals surface area contributed by atoms with Crippen molar-refractivity contribution in [2.45, 2.75) is 51.3 Å². The lowest BCUT2D eigenvalue weighted by Crippen LogP contribution is -2.40. The molecule has 0 aliphatic carbocycles. The maximum absolute atomic E-state index is 13.9. The Morgan fingerprint density at radius 1 is 1.19 bits per heavy atom. The zero-order chi connectivity index (χ0) is 26.3. The highest BCUT2D eigenvalue weighted by molar-refractivity contribution is 7.98. The van der Waals surface area contributed by atoms with Crippen LogP contribution in [-0.2, 0) is 16.1 Å². The number of nitrogens with zero attached hydrogens (tertiary/aromatic N) is 3. The number of rotatable bonds is 6. The van der Waals surface area contributed by atoms with Crippen LogP contribution < -0.4 is 14.9 Å². The van der Waals surface area contributed by atoms with Gasteiger partial charge in [0.1, 0.15) is 0 Å². The molecule has 190 valence electrons. The second-order valence-electron chi connectivity index (χ2n) is 9.20. The van der Waals surface area contributed by atoms with E-state index in [1.54, 1.807) is 16.3 Å². The van der Waals surface area contributed by atoms with Crippen LogP contribution in [0, 0.1) is 0 Å². The number of hydrogen-bond acceptors (Lipinski definition) is 6. The molecule has 6 nitrogen and oxygen atoms in total. The Bertz CT molecular complexity index is 1710. The Balaban J connectivity index is 1.73. The van der Waals surface area contributed by atoms with Crippen molar-refractivity contribution in [3.05, 3.63) is 96.8 Å². The molecule has 2 aromatic carbocycles. The van der Waals surface area contributed by atoms with E-state index in [1.807, 2.05) is 69.5 Å². The molecular weight excluding hydrogens is 502 g/mol. The number of thioether (sulfide) groups is 1. The van der Waals surface area contributed by atoms with Crippen molar-refractivity contribution in [1.82, 2.24) is 9.13 Å². The van der Waals surface area contributed by atoms with Crippen LogP contribution in [0.15, 0.2) is 80.7 Å². The molecule has 1 aliphatic rings. The molecule has 0 fully saturated rings. The third kappa shape index (κ3) is 4.60. The van der Waals surface area contributed by atoms with Gasteiger partial charge in [0.25, 0.3) is 5.56 Å². The maximum atomic E-state index is 13.9. The molecule has 4 aromatic rings. The first kappa shape index (κ1) is 25.3. The number of carbonyl (C=O) groups is 1. The van der Waals surface area contributed by atoms with Crippen LogP contribution in [0.25, 0.3) is 17.0 Å². The summed E-state index contributed by atoms with van der Waals surface area (Å²) in [5.74, 6) is -0.449. The molecule has 0 spiro atoms. The number of esters is 1. The molecule has 2 aromatic heterocycles. The molecule has 0 saturated carbocycles. The van der Waals surface area contributed by atoms with Crippen LogP contribution >= 0.6 is 23.1 Å².